The summed E-state index contributed by atoms with van der Waals surface area (Å²) in [6.45, 7) is 1.20. The van der Waals surface area contributed by atoms with Gasteiger partial charge in [0.15, 0.2) is 0 Å². The molecule has 3 aromatic carbocycles. The van der Waals surface area contributed by atoms with Crippen LogP contribution in [0.1, 0.15) is 30.0 Å². The smallest absolute Gasteiger partial charge is 0.416 e. The average molecular weight is 542 g/mol. The van der Waals surface area contributed by atoms with Crippen LogP contribution < -0.4 is 20.1 Å². The predicted molar refractivity (Wildman–Crippen MR) is 143 cm³/mol. The minimum atomic E-state index is -4.54. The predicted octanol–water partition coefficient (Wildman–Crippen LogP) is 5.09. The minimum Gasteiger partial charge on any atom is -0.494 e. The van der Waals surface area contributed by atoms with Gasteiger partial charge >= 0.3 is 11.9 Å². The molecule has 0 radical (unpaired) electrons. The number of piperidine rings is 1. The van der Waals surface area contributed by atoms with Crippen molar-refractivity contribution in [3.63, 3.8) is 0 Å². The van der Waals surface area contributed by atoms with Crippen LogP contribution in [0, 0.1) is 0 Å². The lowest BCUT2D eigenvalue weighted by molar-refractivity contribution is -0.138. The normalized spacial score (nSPS) is 14.6. The van der Waals surface area contributed by atoms with Crippen molar-refractivity contribution in [2.24, 2.45) is 0 Å². The van der Waals surface area contributed by atoms with Crippen molar-refractivity contribution in [2.75, 3.05) is 38.3 Å². The maximum absolute atomic E-state index is 13.9. The standard InChI is InChI=1S/C29H30F3N3O4/c1-38-26-12-6-10-24-27(26)34(19-20-7-2-3-8-22(20)29(30,31)32)28(37)35(24)21-13-15-33(16-14-21)23-9-4-5-11-25(23)39-18-17-36/h2-12,21,36H,13-19H2,1H3. The van der Waals surface area contributed by atoms with Crippen molar-refractivity contribution in [1.82, 2.24) is 9.13 Å². The summed E-state index contributed by atoms with van der Waals surface area (Å²) in [7, 11) is 1.49. The van der Waals surface area contributed by atoms with Crippen LogP contribution in [-0.4, -0.2) is 47.7 Å². The van der Waals surface area contributed by atoms with Crippen molar-refractivity contribution in [3.8, 4) is 11.5 Å². The third-order valence-corrected chi connectivity index (χ3v) is 7.20. The van der Waals surface area contributed by atoms with E-state index in [9.17, 15) is 18.0 Å². The molecule has 0 bridgehead atoms. The summed E-state index contributed by atoms with van der Waals surface area (Å²) in [5.41, 5.74) is 0.928. The summed E-state index contributed by atoms with van der Waals surface area (Å²) in [4.78, 5) is 16.1. The molecule has 206 valence electrons. The maximum atomic E-state index is 13.9. The SMILES string of the molecule is COc1cccc2c1n(Cc1ccccc1C(F)(F)F)c(=O)n2C1CCN(c2ccccc2OCCO)CC1. The van der Waals surface area contributed by atoms with E-state index < -0.39 is 11.7 Å². The lowest BCUT2D eigenvalue weighted by Crippen LogP contribution is -2.38. The number of aliphatic hydroxyl groups is 1. The number of imidazole rings is 1. The van der Waals surface area contributed by atoms with Gasteiger partial charge in [-0.3, -0.25) is 9.13 Å². The van der Waals surface area contributed by atoms with E-state index >= 15 is 0 Å². The molecular weight excluding hydrogens is 511 g/mol. The van der Waals surface area contributed by atoms with E-state index in [0.717, 1.165) is 11.8 Å². The number of rotatable bonds is 8. The molecule has 0 atom stereocenters. The van der Waals surface area contributed by atoms with Crippen LogP contribution in [0.4, 0.5) is 18.9 Å². The van der Waals surface area contributed by atoms with E-state index in [0.29, 0.717) is 48.5 Å². The second-order valence-electron chi connectivity index (χ2n) is 9.48. The van der Waals surface area contributed by atoms with Gasteiger partial charge in [0.1, 0.15) is 23.6 Å². The summed E-state index contributed by atoms with van der Waals surface area (Å²) < 4.78 is 55.6. The van der Waals surface area contributed by atoms with Crippen LogP contribution >= 0.6 is 0 Å². The number of alkyl halides is 3. The first kappa shape index (κ1) is 26.7. The first-order valence-electron chi connectivity index (χ1n) is 12.8. The summed E-state index contributed by atoms with van der Waals surface area (Å²) in [5, 5.41) is 9.15. The molecule has 1 N–H and O–H groups in total. The average Bonchev–Trinajstić information content (AvgIpc) is 3.23. The van der Waals surface area contributed by atoms with E-state index in [1.54, 1.807) is 22.8 Å². The highest BCUT2D eigenvalue weighted by atomic mass is 19.4. The molecule has 7 nitrogen and oxygen atoms in total. The Kier molecular flexibility index (Phi) is 7.56. The Balaban J connectivity index is 1.49. The first-order chi connectivity index (χ1) is 18.8. The van der Waals surface area contributed by atoms with Crippen molar-refractivity contribution >= 4 is 16.7 Å². The number of hydrogen-bond acceptors (Lipinski definition) is 5. The monoisotopic (exact) mass is 541 g/mol. The molecule has 10 heteroatoms. The number of benzene rings is 3. The van der Waals surface area contributed by atoms with Crippen LogP contribution in [0.5, 0.6) is 11.5 Å². The van der Waals surface area contributed by atoms with Gasteiger partial charge in [-0.05, 0) is 48.7 Å². The lowest BCUT2D eigenvalue weighted by atomic mass is 10.0. The van der Waals surface area contributed by atoms with Crippen LogP contribution in [0.3, 0.4) is 0 Å². The van der Waals surface area contributed by atoms with Gasteiger partial charge in [-0.25, -0.2) is 4.79 Å². The quantitative estimate of drug-likeness (QED) is 0.337. The fourth-order valence-corrected chi connectivity index (χ4v) is 5.44. The van der Waals surface area contributed by atoms with Gasteiger partial charge < -0.3 is 19.5 Å². The zero-order valence-electron chi connectivity index (χ0n) is 21.5. The molecule has 2 heterocycles. The van der Waals surface area contributed by atoms with Gasteiger partial charge in [0.2, 0.25) is 0 Å². The topological polar surface area (TPSA) is 68.9 Å². The van der Waals surface area contributed by atoms with Crippen molar-refractivity contribution < 1.29 is 27.8 Å². The molecule has 0 aliphatic carbocycles. The molecule has 0 saturated carbocycles. The molecule has 1 aliphatic rings. The van der Waals surface area contributed by atoms with Crippen LogP contribution in [0.25, 0.3) is 11.0 Å². The third kappa shape index (κ3) is 5.21. The number of anilines is 1. The van der Waals surface area contributed by atoms with Crippen LogP contribution in [-0.2, 0) is 12.7 Å². The van der Waals surface area contributed by atoms with Gasteiger partial charge in [-0.2, -0.15) is 13.2 Å². The summed E-state index contributed by atoms with van der Waals surface area (Å²) in [6, 6.07) is 18.1. The van der Waals surface area contributed by atoms with E-state index in [-0.39, 0.29) is 37.1 Å². The fourth-order valence-electron chi connectivity index (χ4n) is 5.44. The highest BCUT2D eigenvalue weighted by Crippen LogP contribution is 2.36. The molecule has 0 unspecified atom stereocenters. The Morgan fingerprint density at radius 1 is 0.949 bits per heavy atom. The molecule has 5 rings (SSSR count). The van der Waals surface area contributed by atoms with E-state index in [1.165, 1.54) is 23.8 Å². The Bertz CT molecular complexity index is 1500. The number of hydrogen-bond donors (Lipinski definition) is 1. The largest absolute Gasteiger partial charge is 0.494 e. The Morgan fingerprint density at radius 3 is 2.36 bits per heavy atom. The Hall–Kier alpha value is -3.92. The number of aromatic nitrogens is 2. The van der Waals surface area contributed by atoms with Crippen LogP contribution in [0.15, 0.2) is 71.5 Å². The van der Waals surface area contributed by atoms with Crippen molar-refractivity contribution in [2.45, 2.75) is 31.6 Å². The summed E-state index contributed by atoms with van der Waals surface area (Å²) in [5.74, 6) is 1.12. The third-order valence-electron chi connectivity index (χ3n) is 7.20. The zero-order chi connectivity index (χ0) is 27.6. The highest BCUT2D eigenvalue weighted by molar-refractivity contribution is 5.83. The maximum Gasteiger partial charge on any atom is 0.416 e. The van der Waals surface area contributed by atoms with Gasteiger partial charge in [0.25, 0.3) is 0 Å². The molecule has 1 saturated heterocycles. The molecule has 0 spiro atoms. The minimum absolute atomic E-state index is 0.0198. The molecule has 39 heavy (non-hydrogen) atoms. The molecule has 1 fully saturated rings. The number of methoxy groups -OCH3 is 1. The van der Waals surface area contributed by atoms with Gasteiger partial charge in [-0.15, -0.1) is 0 Å². The fraction of sp³-hybridized carbons (Fsp3) is 0.345. The van der Waals surface area contributed by atoms with Crippen molar-refractivity contribution in [3.05, 3.63) is 88.3 Å². The van der Waals surface area contributed by atoms with Crippen molar-refractivity contribution in [1.29, 1.82) is 0 Å². The summed E-state index contributed by atoms with van der Waals surface area (Å²) >= 11 is 0. The number of fused-ring (bicyclic) bond motifs is 1. The molecule has 1 aromatic heterocycles. The second-order valence-corrected chi connectivity index (χ2v) is 9.48. The Labute approximate surface area is 223 Å². The van der Waals surface area contributed by atoms with Gasteiger partial charge in [0.05, 0.1) is 37.0 Å². The number of para-hydroxylation sites is 3. The Morgan fingerprint density at radius 2 is 1.64 bits per heavy atom. The first-order valence-corrected chi connectivity index (χ1v) is 12.8. The molecule has 0 amide bonds. The van der Waals surface area contributed by atoms with Gasteiger partial charge in [-0.1, -0.05) is 36.4 Å². The molecular formula is C29H30F3N3O4. The lowest BCUT2D eigenvalue weighted by Gasteiger charge is -2.35. The van der Waals surface area contributed by atoms with E-state index in [1.807, 2.05) is 30.3 Å². The van der Waals surface area contributed by atoms with Crippen LogP contribution in [0.2, 0.25) is 0 Å². The zero-order valence-corrected chi connectivity index (χ0v) is 21.5. The van der Waals surface area contributed by atoms with E-state index in [2.05, 4.69) is 4.90 Å². The number of nitrogens with zero attached hydrogens (tertiary/aromatic N) is 3. The highest BCUT2D eigenvalue weighted by Gasteiger charge is 2.34. The summed E-state index contributed by atoms with van der Waals surface area (Å²) in [6.07, 6.45) is -3.22. The molecule has 4 aromatic rings. The number of aliphatic hydroxyl groups excluding tert-OH is 1. The van der Waals surface area contributed by atoms with Gasteiger partial charge in [0, 0.05) is 19.1 Å². The second kappa shape index (κ2) is 11.1. The number of ether oxygens (including phenoxy) is 2. The molecule has 1 aliphatic heterocycles. The number of halogens is 3. The van der Waals surface area contributed by atoms with E-state index in [4.69, 9.17) is 14.6 Å².